The van der Waals surface area contributed by atoms with E-state index in [0.717, 1.165) is 14.2 Å². The first-order valence-electron chi connectivity index (χ1n) is 9.44. The summed E-state index contributed by atoms with van der Waals surface area (Å²) in [4.78, 5) is 26.4. The van der Waals surface area contributed by atoms with Crippen LogP contribution in [0.25, 0.3) is 0 Å². The highest BCUT2D eigenvalue weighted by atomic mass is 31.2. The van der Waals surface area contributed by atoms with Gasteiger partial charge in [-0.25, -0.2) is 4.57 Å². The topological polar surface area (TPSA) is 108 Å². The van der Waals surface area contributed by atoms with E-state index >= 15 is 0 Å². The summed E-state index contributed by atoms with van der Waals surface area (Å²) in [6.07, 6.45) is 1.53. The molecule has 0 spiro atoms. The molecule has 2 aromatic rings. The van der Waals surface area contributed by atoms with Crippen LogP contribution in [-0.4, -0.2) is 38.1 Å². The molecule has 1 heterocycles. The lowest BCUT2D eigenvalue weighted by Gasteiger charge is -2.36. The first kappa shape index (κ1) is 22.8. The number of hydrogen-bond acceptors (Lipinski definition) is 7. The third-order valence-corrected chi connectivity index (χ3v) is 6.60. The molecule has 0 saturated heterocycles. The van der Waals surface area contributed by atoms with E-state index in [1.165, 1.54) is 11.0 Å². The minimum atomic E-state index is -4.25. The van der Waals surface area contributed by atoms with Crippen LogP contribution in [0, 0.1) is 10.1 Å². The molecule has 0 bridgehead atoms. The van der Waals surface area contributed by atoms with E-state index in [4.69, 9.17) is 13.6 Å². The van der Waals surface area contributed by atoms with Crippen LogP contribution in [0.1, 0.15) is 17.0 Å². The molecule has 10 heteroatoms. The number of phosphoric acid groups is 1. The van der Waals surface area contributed by atoms with Crippen molar-refractivity contribution in [2.75, 3.05) is 32.2 Å². The molecule has 1 aliphatic heterocycles. The summed E-state index contributed by atoms with van der Waals surface area (Å²) in [6.45, 7) is 3.17. The molecule has 0 unspecified atom stereocenters. The van der Waals surface area contributed by atoms with E-state index in [0.29, 0.717) is 16.8 Å². The third-order valence-electron chi connectivity index (χ3n) is 5.20. The minimum Gasteiger partial charge on any atom is -0.305 e. The van der Waals surface area contributed by atoms with Crippen molar-refractivity contribution in [3.05, 3.63) is 88.5 Å². The summed E-state index contributed by atoms with van der Waals surface area (Å²) < 4.78 is 29.0. The van der Waals surface area contributed by atoms with Crippen LogP contribution in [0.15, 0.2) is 67.3 Å². The van der Waals surface area contributed by atoms with Crippen molar-refractivity contribution in [1.82, 2.24) is 0 Å². The van der Waals surface area contributed by atoms with Gasteiger partial charge in [-0.05, 0) is 11.6 Å². The average molecular weight is 446 g/mol. The zero-order chi connectivity index (χ0) is 22.6. The normalized spacial score (nSPS) is 19.2. The van der Waals surface area contributed by atoms with Gasteiger partial charge in [0.05, 0.1) is 11.6 Å². The molecular formula is C21H23N2O7P. The molecule has 0 saturated carbocycles. The predicted molar refractivity (Wildman–Crippen MR) is 114 cm³/mol. The van der Waals surface area contributed by atoms with Crippen molar-refractivity contribution in [2.45, 2.75) is 11.5 Å². The van der Waals surface area contributed by atoms with Crippen molar-refractivity contribution < 1.29 is 27.9 Å². The molecule has 3 rings (SSSR count). The summed E-state index contributed by atoms with van der Waals surface area (Å²) in [6, 6.07) is 15.2. The van der Waals surface area contributed by atoms with Crippen LogP contribution in [0.4, 0.5) is 5.69 Å². The second-order valence-corrected chi connectivity index (χ2v) is 8.65. The molecule has 2 aromatic carbocycles. The van der Waals surface area contributed by atoms with Crippen molar-refractivity contribution in [3.63, 3.8) is 0 Å². The monoisotopic (exact) mass is 446 g/mol. The summed E-state index contributed by atoms with van der Waals surface area (Å²) in [5, 5.41) is 11.7. The summed E-state index contributed by atoms with van der Waals surface area (Å²) in [5.74, 6) is -1.73. The molecule has 1 aliphatic rings. The van der Waals surface area contributed by atoms with Gasteiger partial charge in [-0.2, -0.15) is 0 Å². The van der Waals surface area contributed by atoms with Crippen molar-refractivity contribution in [3.8, 4) is 0 Å². The number of rotatable bonds is 10. The number of carbonyl (C=O) groups excluding carboxylic acids is 1. The number of nitro groups is 1. The molecule has 0 aromatic heterocycles. The maximum atomic E-state index is 13.9. The van der Waals surface area contributed by atoms with E-state index in [1.54, 1.807) is 54.6 Å². The first-order chi connectivity index (χ1) is 14.8. The van der Waals surface area contributed by atoms with Crippen molar-refractivity contribution >= 4 is 19.4 Å². The fraction of sp³-hybridized carbons (Fsp3) is 0.286. The van der Waals surface area contributed by atoms with Gasteiger partial charge in [0.1, 0.15) is 0 Å². The lowest BCUT2D eigenvalue weighted by molar-refractivity contribution is -0.486. The van der Waals surface area contributed by atoms with Crippen LogP contribution < -0.4 is 4.90 Å². The van der Waals surface area contributed by atoms with Gasteiger partial charge in [-0.3, -0.25) is 28.5 Å². The number of nitrogens with zero attached hydrogens (tertiary/aromatic N) is 2. The number of fused-ring (bicyclic) bond motifs is 1. The first-order valence-corrected chi connectivity index (χ1v) is 10.9. The average Bonchev–Trinajstić information content (AvgIpc) is 3.01. The van der Waals surface area contributed by atoms with Gasteiger partial charge in [0.25, 0.3) is 5.91 Å². The van der Waals surface area contributed by atoms with Gasteiger partial charge >= 0.3 is 7.82 Å². The highest BCUT2D eigenvalue weighted by Crippen LogP contribution is 2.61. The molecule has 9 nitrogen and oxygen atoms in total. The van der Waals surface area contributed by atoms with E-state index in [9.17, 15) is 19.5 Å². The van der Waals surface area contributed by atoms with Crippen LogP contribution in [0.5, 0.6) is 0 Å². The zero-order valence-corrected chi connectivity index (χ0v) is 18.1. The summed E-state index contributed by atoms with van der Waals surface area (Å²) in [5.41, 5.74) is -0.723. The zero-order valence-electron chi connectivity index (χ0n) is 17.2. The van der Waals surface area contributed by atoms with Crippen LogP contribution in [-0.2, 0) is 28.5 Å². The predicted octanol–water partition coefficient (Wildman–Crippen LogP) is 3.89. The highest BCUT2D eigenvalue weighted by molar-refractivity contribution is 7.48. The summed E-state index contributed by atoms with van der Waals surface area (Å²) in [7, 11) is -2.01. The third kappa shape index (κ3) is 4.05. The molecule has 164 valence electrons. The van der Waals surface area contributed by atoms with Gasteiger partial charge in [-0.1, -0.05) is 54.6 Å². The fourth-order valence-corrected chi connectivity index (χ4v) is 4.83. The van der Waals surface area contributed by atoms with Gasteiger partial charge in [-0.15, -0.1) is 6.58 Å². The van der Waals surface area contributed by atoms with Crippen LogP contribution in [0.2, 0.25) is 0 Å². The number of anilines is 1. The Hall–Kier alpha value is -2.84. The van der Waals surface area contributed by atoms with E-state index in [1.807, 2.05) is 0 Å². The molecule has 2 atom stereocenters. The van der Waals surface area contributed by atoms with Gasteiger partial charge in [0.15, 0.2) is 5.60 Å². The minimum absolute atomic E-state index is 0.130. The lowest BCUT2D eigenvalue weighted by Crippen LogP contribution is -2.48. The Morgan fingerprint density at radius 1 is 1.16 bits per heavy atom. The Labute approximate surface area is 180 Å². The van der Waals surface area contributed by atoms with E-state index < -0.39 is 36.7 Å². The standard InChI is InChI=1S/C21H23N2O7P/c1-4-14-22-19-13-9-8-12-17(19)21(20(22)24,30-31(27,28-2)29-3)18(15-23(25)26)16-10-6-5-7-11-16/h4-13,18H,1,14-15H2,2-3H3/t18-,21-/m1/s1. The van der Waals surface area contributed by atoms with E-state index in [2.05, 4.69) is 6.58 Å². The number of amides is 1. The number of carbonyl (C=O) groups is 1. The highest BCUT2D eigenvalue weighted by Gasteiger charge is 2.62. The van der Waals surface area contributed by atoms with Gasteiger partial charge < -0.3 is 4.90 Å². The number of hydrogen-bond donors (Lipinski definition) is 0. The Bertz CT molecular complexity index is 1020. The van der Waals surface area contributed by atoms with Gasteiger partial charge in [0, 0.05) is 31.3 Å². The Balaban J connectivity index is 2.35. The van der Waals surface area contributed by atoms with Crippen LogP contribution >= 0.6 is 7.82 Å². The smallest absolute Gasteiger partial charge is 0.305 e. The molecule has 0 radical (unpaired) electrons. The maximum absolute atomic E-state index is 13.9. The molecular weight excluding hydrogens is 423 g/mol. The molecule has 0 N–H and O–H groups in total. The van der Waals surface area contributed by atoms with E-state index in [-0.39, 0.29) is 6.54 Å². The molecule has 1 amide bonds. The summed E-state index contributed by atoms with van der Waals surface area (Å²) >= 11 is 0. The molecule has 0 fully saturated rings. The Morgan fingerprint density at radius 3 is 2.35 bits per heavy atom. The van der Waals surface area contributed by atoms with Crippen LogP contribution in [0.3, 0.4) is 0 Å². The quantitative estimate of drug-likeness (QED) is 0.236. The Kier molecular flexibility index (Phi) is 6.71. The number of phosphoric ester groups is 1. The second-order valence-electron chi connectivity index (χ2n) is 6.84. The molecule has 31 heavy (non-hydrogen) atoms. The molecule has 0 aliphatic carbocycles. The van der Waals surface area contributed by atoms with Crippen molar-refractivity contribution in [2.24, 2.45) is 0 Å². The van der Waals surface area contributed by atoms with Crippen molar-refractivity contribution in [1.29, 1.82) is 0 Å². The Morgan fingerprint density at radius 2 is 1.77 bits per heavy atom. The lowest BCUT2D eigenvalue weighted by atomic mass is 9.78. The fourth-order valence-electron chi connectivity index (χ4n) is 3.88. The maximum Gasteiger partial charge on any atom is 0.475 e. The number of para-hydroxylation sites is 1. The SMILES string of the molecule is C=CCN1C(=O)[C@](OP(=O)(OC)OC)([C@H](C[N+](=O)[O-])c2ccccc2)c2ccccc21. The largest absolute Gasteiger partial charge is 0.475 e. The van der Waals surface area contributed by atoms with Gasteiger partial charge in [0.2, 0.25) is 6.54 Å². The second kappa shape index (κ2) is 9.11. The number of benzene rings is 2.